The van der Waals surface area contributed by atoms with Crippen molar-refractivity contribution in [2.75, 3.05) is 6.61 Å². The number of aromatic nitrogens is 2. The Morgan fingerprint density at radius 1 is 1.33 bits per heavy atom. The Labute approximate surface area is 138 Å². The van der Waals surface area contributed by atoms with E-state index in [4.69, 9.17) is 0 Å². The molecule has 0 saturated heterocycles. The summed E-state index contributed by atoms with van der Waals surface area (Å²) in [5.41, 5.74) is 0.465. The molecule has 3 rings (SSSR count). The molecule has 1 heterocycles. The number of carbonyl (C=O) groups excluding carboxylic acids is 1. The Bertz CT molecular complexity index is 748. The molecule has 0 atom stereocenters. The number of nitrogens with one attached hydrogen (secondary N) is 1. The van der Waals surface area contributed by atoms with Gasteiger partial charge in [0.1, 0.15) is 0 Å². The molecule has 0 radical (unpaired) electrons. The van der Waals surface area contributed by atoms with Gasteiger partial charge < -0.3 is 10.4 Å². The van der Waals surface area contributed by atoms with Gasteiger partial charge in [0.15, 0.2) is 0 Å². The van der Waals surface area contributed by atoms with Crippen molar-refractivity contribution in [3.63, 3.8) is 0 Å². The summed E-state index contributed by atoms with van der Waals surface area (Å²) in [6.07, 6.45) is 6.52. The fourth-order valence-electron chi connectivity index (χ4n) is 3.00. The highest BCUT2D eigenvalue weighted by atomic mass is 16.6. The van der Waals surface area contributed by atoms with Crippen LogP contribution in [-0.2, 0) is 0 Å². The van der Waals surface area contributed by atoms with E-state index in [1.165, 1.54) is 23.0 Å². The molecule has 1 aromatic heterocycles. The standard InChI is InChI=1S/C16H18N4O4/c21-11-16(7-1-2-8-16)18-15(22)12-9-17-19(10-12)13-3-5-14(6-4-13)20(23)24/h3-6,9-10,21H,1-2,7-8,11H2,(H,18,22). The average Bonchev–Trinajstić information content (AvgIpc) is 3.25. The molecule has 1 amide bonds. The number of non-ortho nitro benzene ring substituents is 1. The van der Waals surface area contributed by atoms with Gasteiger partial charge in [0.05, 0.1) is 34.5 Å². The van der Waals surface area contributed by atoms with Gasteiger partial charge in [-0.15, -0.1) is 0 Å². The molecule has 24 heavy (non-hydrogen) atoms. The molecule has 1 aromatic carbocycles. The van der Waals surface area contributed by atoms with Gasteiger partial charge in [0, 0.05) is 18.3 Å². The molecule has 2 N–H and O–H groups in total. The normalized spacial score (nSPS) is 16.0. The van der Waals surface area contributed by atoms with Crippen LogP contribution in [0, 0.1) is 10.1 Å². The van der Waals surface area contributed by atoms with Gasteiger partial charge in [-0.3, -0.25) is 14.9 Å². The fraction of sp³-hybridized carbons (Fsp3) is 0.375. The number of hydrogen-bond donors (Lipinski definition) is 2. The highest BCUT2D eigenvalue weighted by Gasteiger charge is 2.35. The summed E-state index contributed by atoms with van der Waals surface area (Å²) in [6, 6.07) is 5.91. The molecule has 126 valence electrons. The number of benzene rings is 1. The zero-order valence-corrected chi connectivity index (χ0v) is 13.0. The minimum atomic E-state index is -0.535. The number of hydrogen-bond acceptors (Lipinski definition) is 5. The zero-order chi connectivity index (χ0) is 17.2. The zero-order valence-electron chi connectivity index (χ0n) is 13.0. The Balaban J connectivity index is 1.75. The lowest BCUT2D eigenvalue weighted by Gasteiger charge is -2.27. The highest BCUT2D eigenvalue weighted by Crippen LogP contribution is 2.29. The minimum Gasteiger partial charge on any atom is -0.394 e. The van der Waals surface area contributed by atoms with E-state index in [1.807, 2.05) is 0 Å². The van der Waals surface area contributed by atoms with Crippen molar-refractivity contribution in [2.45, 2.75) is 31.2 Å². The topological polar surface area (TPSA) is 110 Å². The molecule has 1 fully saturated rings. The summed E-state index contributed by atoms with van der Waals surface area (Å²) >= 11 is 0. The monoisotopic (exact) mass is 330 g/mol. The van der Waals surface area contributed by atoms with Crippen molar-refractivity contribution in [3.8, 4) is 5.69 Å². The molecule has 0 aliphatic heterocycles. The number of nitrogens with zero attached hydrogens (tertiary/aromatic N) is 3. The predicted molar refractivity (Wildman–Crippen MR) is 86.0 cm³/mol. The van der Waals surface area contributed by atoms with Gasteiger partial charge in [-0.05, 0) is 25.0 Å². The minimum absolute atomic E-state index is 0.00464. The molecular weight excluding hydrogens is 312 g/mol. The lowest BCUT2D eigenvalue weighted by atomic mass is 9.98. The summed E-state index contributed by atoms with van der Waals surface area (Å²) in [5, 5.41) is 27.3. The van der Waals surface area contributed by atoms with Crippen LogP contribution in [0.25, 0.3) is 5.69 Å². The molecule has 1 aliphatic rings. The third-order valence-corrected chi connectivity index (χ3v) is 4.41. The molecule has 8 nitrogen and oxygen atoms in total. The van der Waals surface area contributed by atoms with Crippen molar-refractivity contribution in [3.05, 3.63) is 52.3 Å². The van der Waals surface area contributed by atoms with Gasteiger partial charge in [0.2, 0.25) is 0 Å². The van der Waals surface area contributed by atoms with Crippen LogP contribution in [0.2, 0.25) is 0 Å². The maximum atomic E-state index is 12.4. The average molecular weight is 330 g/mol. The first-order valence-electron chi connectivity index (χ1n) is 7.76. The second-order valence-corrected chi connectivity index (χ2v) is 6.05. The molecule has 2 aromatic rings. The summed E-state index contributed by atoms with van der Waals surface area (Å²) < 4.78 is 1.49. The first-order valence-corrected chi connectivity index (χ1v) is 7.76. The summed E-state index contributed by atoms with van der Waals surface area (Å²) in [7, 11) is 0. The first-order chi connectivity index (χ1) is 11.5. The summed E-state index contributed by atoms with van der Waals surface area (Å²) in [6.45, 7) is -0.0742. The lowest BCUT2D eigenvalue weighted by molar-refractivity contribution is -0.384. The molecule has 0 bridgehead atoms. The maximum absolute atomic E-state index is 12.4. The van der Waals surface area contributed by atoms with E-state index in [0.717, 1.165) is 25.7 Å². The second kappa shape index (κ2) is 6.40. The van der Waals surface area contributed by atoms with Crippen LogP contribution in [0.3, 0.4) is 0 Å². The third-order valence-electron chi connectivity index (χ3n) is 4.41. The van der Waals surface area contributed by atoms with Crippen LogP contribution < -0.4 is 5.32 Å². The van der Waals surface area contributed by atoms with Crippen LogP contribution >= 0.6 is 0 Å². The largest absolute Gasteiger partial charge is 0.394 e. The van der Waals surface area contributed by atoms with E-state index in [2.05, 4.69) is 10.4 Å². The number of nitro groups is 1. The molecule has 0 spiro atoms. The smallest absolute Gasteiger partial charge is 0.269 e. The number of aliphatic hydroxyl groups is 1. The van der Waals surface area contributed by atoms with E-state index in [9.17, 15) is 20.0 Å². The van der Waals surface area contributed by atoms with Crippen LogP contribution in [-0.4, -0.2) is 37.9 Å². The van der Waals surface area contributed by atoms with Crippen LogP contribution in [0.15, 0.2) is 36.7 Å². The van der Waals surface area contributed by atoms with Gasteiger partial charge in [-0.1, -0.05) is 12.8 Å². The fourth-order valence-corrected chi connectivity index (χ4v) is 3.00. The molecule has 1 aliphatic carbocycles. The van der Waals surface area contributed by atoms with E-state index < -0.39 is 10.5 Å². The Morgan fingerprint density at radius 3 is 2.58 bits per heavy atom. The number of rotatable bonds is 5. The summed E-state index contributed by atoms with van der Waals surface area (Å²) in [5.74, 6) is -0.279. The highest BCUT2D eigenvalue weighted by molar-refractivity contribution is 5.94. The molecular formula is C16H18N4O4. The Morgan fingerprint density at radius 2 is 2.00 bits per heavy atom. The van der Waals surface area contributed by atoms with E-state index in [0.29, 0.717) is 11.3 Å². The van der Waals surface area contributed by atoms with Crippen molar-refractivity contribution >= 4 is 11.6 Å². The van der Waals surface area contributed by atoms with Crippen molar-refractivity contribution in [1.29, 1.82) is 0 Å². The third kappa shape index (κ3) is 3.13. The maximum Gasteiger partial charge on any atom is 0.269 e. The lowest BCUT2D eigenvalue weighted by Crippen LogP contribution is -2.49. The Hall–Kier alpha value is -2.74. The predicted octanol–water partition coefficient (Wildman–Crippen LogP) is 1.82. The Kier molecular flexibility index (Phi) is 4.30. The van der Waals surface area contributed by atoms with Crippen LogP contribution in [0.4, 0.5) is 5.69 Å². The van der Waals surface area contributed by atoms with E-state index in [1.54, 1.807) is 18.3 Å². The first kappa shape index (κ1) is 16.1. The van der Waals surface area contributed by atoms with Gasteiger partial charge in [-0.25, -0.2) is 4.68 Å². The molecule has 1 saturated carbocycles. The second-order valence-electron chi connectivity index (χ2n) is 6.05. The van der Waals surface area contributed by atoms with Gasteiger partial charge in [0.25, 0.3) is 11.6 Å². The summed E-state index contributed by atoms with van der Waals surface area (Å²) in [4.78, 5) is 22.6. The van der Waals surface area contributed by atoms with Crippen molar-refractivity contribution in [2.24, 2.45) is 0 Å². The number of carbonyl (C=O) groups is 1. The molecule has 0 unspecified atom stereocenters. The number of amides is 1. The number of aliphatic hydroxyl groups excluding tert-OH is 1. The van der Waals surface area contributed by atoms with E-state index >= 15 is 0 Å². The van der Waals surface area contributed by atoms with Crippen LogP contribution in [0.5, 0.6) is 0 Å². The van der Waals surface area contributed by atoms with Crippen molar-refractivity contribution < 1.29 is 14.8 Å². The van der Waals surface area contributed by atoms with Crippen molar-refractivity contribution in [1.82, 2.24) is 15.1 Å². The SMILES string of the molecule is O=C(NC1(CO)CCCC1)c1cnn(-c2ccc([N+](=O)[O-])cc2)c1. The van der Waals surface area contributed by atoms with Gasteiger partial charge >= 0.3 is 0 Å². The quantitative estimate of drug-likeness (QED) is 0.642. The van der Waals surface area contributed by atoms with E-state index in [-0.39, 0.29) is 18.2 Å². The molecule has 8 heteroatoms. The number of nitro benzene ring substituents is 1. The van der Waals surface area contributed by atoms with Crippen LogP contribution in [0.1, 0.15) is 36.0 Å². The van der Waals surface area contributed by atoms with Gasteiger partial charge in [-0.2, -0.15) is 5.10 Å².